The molecule has 0 spiro atoms. The van der Waals surface area contributed by atoms with Gasteiger partial charge in [0.15, 0.2) is 5.96 Å². The van der Waals surface area contributed by atoms with E-state index in [2.05, 4.69) is 15.6 Å². The van der Waals surface area contributed by atoms with Gasteiger partial charge in [0, 0.05) is 11.6 Å². The molecule has 1 aromatic carbocycles. The van der Waals surface area contributed by atoms with Crippen LogP contribution in [0.4, 0.5) is 0 Å². The van der Waals surface area contributed by atoms with Crippen LogP contribution in [0.25, 0.3) is 0 Å². The van der Waals surface area contributed by atoms with E-state index in [9.17, 15) is 10.1 Å². The predicted octanol–water partition coefficient (Wildman–Crippen LogP) is 2.63. The Morgan fingerprint density at radius 3 is 2.69 bits per heavy atom. The molecule has 1 heterocycles. The van der Waals surface area contributed by atoms with Gasteiger partial charge >= 0.3 is 5.70 Å². The van der Waals surface area contributed by atoms with Gasteiger partial charge in [0.2, 0.25) is 5.66 Å². The monoisotopic (exact) mass is 420 g/mol. The minimum Gasteiger partial charge on any atom is -0.352 e. The zero-order valence-corrected chi connectivity index (χ0v) is 17.4. The molecule has 0 amide bonds. The minimum absolute atomic E-state index is 0.108. The Bertz CT molecular complexity index is 819. The molecule has 3 rings (SSSR count). The van der Waals surface area contributed by atoms with E-state index >= 15 is 0 Å². The highest BCUT2D eigenvalue weighted by atomic mass is 35.5. The molecule has 0 aromatic heterocycles. The highest BCUT2D eigenvalue weighted by molar-refractivity contribution is 6.31. The van der Waals surface area contributed by atoms with E-state index in [-0.39, 0.29) is 5.70 Å². The summed E-state index contributed by atoms with van der Waals surface area (Å²) in [7, 11) is 0. The Morgan fingerprint density at radius 1 is 1.34 bits per heavy atom. The van der Waals surface area contributed by atoms with E-state index in [1.165, 1.54) is 6.20 Å². The lowest BCUT2D eigenvalue weighted by Crippen LogP contribution is -2.52. The molecule has 0 saturated heterocycles. The topological polar surface area (TPSA) is 132 Å². The molecule has 0 bridgehead atoms. The predicted molar refractivity (Wildman–Crippen MR) is 115 cm³/mol. The van der Waals surface area contributed by atoms with Crippen molar-refractivity contribution in [1.29, 1.82) is 0 Å². The fraction of sp³-hybridized carbons (Fsp3) is 0.550. The lowest BCUT2D eigenvalue weighted by atomic mass is 9.77. The van der Waals surface area contributed by atoms with Crippen LogP contribution in [0.5, 0.6) is 0 Å². The van der Waals surface area contributed by atoms with Crippen LogP contribution in [0, 0.1) is 28.9 Å². The number of guanidine groups is 1. The summed E-state index contributed by atoms with van der Waals surface area (Å²) in [6, 6.07) is 5.70. The second kappa shape index (κ2) is 9.11. The Labute approximate surface area is 175 Å². The van der Waals surface area contributed by atoms with Gasteiger partial charge in [0.1, 0.15) is 0 Å². The van der Waals surface area contributed by atoms with Crippen molar-refractivity contribution in [2.75, 3.05) is 6.54 Å². The smallest absolute Gasteiger partial charge is 0.303 e. The standard InChI is InChI=1S/C20H29ClN6O2/c1-13-16(3-2-4-17(13)21)11-24-19-25-12-18(27(28)29)20(23,26-19)9-14-5-7-15(10-22)8-6-14/h2-4,12,14-15H,5-11,22-23H2,1H3,(H2,24,25,26). The van der Waals surface area contributed by atoms with E-state index in [0.717, 1.165) is 36.8 Å². The number of nitrogens with zero attached hydrogens (tertiary/aromatic N) is 2. The second-order valence-corrected chi connectivity index (χ2v) is 8.43. The molecule has 2 aliphatic rings. The van der Waals surface area contributed by atoms with Crippen molar-refractivity contribution in [3.8, 4) is 0 Å². The van der Waals surface area contributed by atoms with Crippen molar-refractivity contribution in [3.05, 3.63) is 56.4 Å². The average Bonchev–Trinajstić information content (AvgIpc) is 2.69. The van der Waals surface area contributed by atoms with Crippen molar-refractivity contribution in [2.24, 2.45) is 28.3 Å². The van der Waals surface area contributed by atoms with E-state index in [4.69, 9.17) is 23.1 Å². The third-order valence-electron chi connectivity index (χ3n) is 6.02. The Kier molecular flexibility index (Phi) is 6.77. The van der Waals surface area contributed by atoms with Crippen LogP contribution in [0.15, 0.2) is 35.1 Å². The first-order valence-electron chi connectivity index (χ1n) is 10.0. The third kappa shape index (κ3) is 5.07. The van der Waals surface area contributed by atoms with Gasteiger partial charge in [-0.25, -0.2) is 4.99 Å². The van der Waals surface area contributed by atoms with Crippen molar-refractivity contribution in [3.63, 3.8) is 0 Å². The highest BCUT2D eigenvalue weighted by Crippen LogP contribution is 2.36. The molecule has 1 aliphatic carbocycles. The molecular weight excluding hydrogens is 392 g/mol. The zero-order valence-electron chi connectivity index (χ0n) is 16.7. The number of halogens is 1. The van der Waals surface area contributed by atoms with Gasteiger partial charge < -0.3 is 16.4 Å². The summed E-state index contributed by atoms with van der Waals surface area (Å²) in [6.45, 7) is 3.13. The SMILES string of the molecule is Cc1c(Cl)cccc1CNC1=NC(N)(CC2CCC(CN)CC2)C([N+](=O)[O-])=CN1. The first kappa shape index (κ1) is 21.5. The van der Waals surface area contributed by atoms with Gasteiger partial charge in [0.25, 0.3) is 0 Å². The van der Waals surface area contributed by atoms with Crippen molar-refractivity contribution in [2.45, 2.75) is 51.2 Å². The Morgan fingerprint density at radius 2 is 2.03 bits per heavy atom. The number of benzene rings is 1. The maximum Gasteiger partial charge on any atom is 0.303 e. The lowest BCUT2D eigenvalue weighted by molar-refractivity contribution is -0.436. The summed E-state index contributed by atoms with van der Waals surface area (Å²) in [4.78, 5) is 15.7. The largest absolute Gasteiger partial charge is 0.352 e. The maximum atomic E-state index is 11.6. The number of hydrogen-bond acceptors (Lipinski definition) is 7. The molecule has 9 heteroatoms. The minimum atomic E-state index is -1.36. The summed E-state index contributed by atoms with van der Waals surface area (Å²) in [6.07, 6.45) is 5.82. The van der Waals surface area contributed by atoms with Crippen LogP contribution in [-0.2, 0) is 6.54 Å². The molecule has 0 radical (unpaired) electrons. The van der Waals surface area contributed by atoms with Gasteiger partial charge in [-0.2, -0.15) is 0 Å². The van der Waals surface area contributed by atoms with Crippen LogP contribution in [0.1, 0.15) is 43.2 Å². The number of nitrogens with one attached hydrogen (secondary N) is 2. The molecule has 1 saturated carbocycles. The van der Waals surface area contributed by atoms with Gasteiger partial charge in [-0.15, -0.1) is 0 Å². The number of nitro groups is 1. The summed E-state index contributed by atoms with van der Waals surface area (Å²) < 4.78 is 0. The average molecular weight is 421 g/mol. The number of hydrogen-bond donors (Lipinski definition) is 4. The fourth-order valence-electron chi connectivity index (χ4n) is 4.14. The lowest BCUT2D eigenvalue weighted by Gasteiger charge is -2.34. The normalized spacial score (nSPS) is 26.9. The van der Waals surface area contributed by atoms with Crippen LogP contribution in [-0.4, -0.2) is 23.1 Å². The molecular formula is C20H29ClN6O2. The summed E-state index contributed by atoms with van der Waals surface area (Å²) in [5.74, 6) is 1.26. The van der Waals surface area contributed by atoms with Crippen LogP contribution < -0.4 is 22.1 Å². The third-order valence-corrected chi connectivity index (χ3v) is 6.43. The summed E-state index contributed by atoms with van der Waals surface area (Å²) in [5, 5.41) is 18.3. The fourth-order valence-corrected chi connectivity index (χ4v) is 4.33. The molecule has 1 aliphatic heterocycles. The molecule has 29 heavy (non-hydrogen) atoms. The second-order valence-electron chi connectivity index (χ2n) is 8.02. The maximum absolute atomic E-state index is 11.6. The molecule has 1 aromatic rings. The molecule has 1 unspecified atom stereocenters. The van der Waals surface area contributed by atoms with Crippen molar-refractivity contribution in [1.82, 2.24) is 10.6 Å². The van der Waals surface area contributed by atoms with Gasteiger partial charge in [0.05, 0.1) is 11.1 Å². The zero-order chi connectivity index (χ0) is 21.0. The number of rotatable bonds is 6. The van der Waals surface area contributed by atoms with Gasteiger partial charge in [-0.3, -0.25) is 15.8 Å². The van der Waals surface area contributed by atoms with Crippen LogP contribution >= 0.6 is 11.6 Å². The van der Waals surface area contributed by atoms with Crippen LogP contribution in [0.2, 0.25) is 5.02 Å². The quantitative estimate of drug-likeness (QED) is 0.413. The number of aliphatic imine (C=N–C) groups is 1. The summed E-state index contributed by atoms with van der Waals surface area (Å²) in [5.41, 5.74) is 12.8. The van der Waals surface area contributed by atoms with E-state index < -0.39 is 10.6 Å². The molecule has 158 valence electrons. The van der Waals surface area contributed by atoms with E-state index in [1.807, 2.05) is 25.1 Å². The molecule has 8 nitrogen and oxygen atoms in total. The van der Waals surface area contributed by atoms with Gasteiger partial charge in [-0.05, 0) is 74.6 Å². The highest BCUT2D eigenvalue weighted by Gasteiger charge is 2.44. The number of nitrogens with two attached hydrogens (primary N) is 2. The van der Waals surface area contributed by atoms with Crippen molar-refractivity contribution < 1.29 is 4.92 Å². The Balaban J connectivity index is 1.72. The summed E-state index contributed by atoms with van der Waals surface area (Å²) >= 11 is 6.18. The van der Waals surface area contributed by atoms with E-state index in [1.54, 1.807) is 0 Å². The van der Waals surface area contributed by atoms with Crippen molar-refractivity contribution >= 4 is 17.6 Å². The van der Waals surface area contributed by atoms with E-state index in [0.29, 0.717) is 42.3 Å². The van der Waals surface area contributed by atoms with Crippen LogP contribution in [0.3, 0.4) is 0 Å². The molecule has 1 fully saturated rings. The first-order chi connectivity index (χ1) is 13.8. The Hall–Kier alpha value is -2.16. The first-order valence-corrected chi connectivity index (χ1v) is 10.4. The van der Waals surface area contributed by atoms with Gasteiger partial charge in [-0.1, -0.05) is 23.7 Å². The molecule has 1 atom stereocenters. The molecule has 6 N–H and O–H groups in total.